The monoisotopic (exact) mass is 360 g/mol. The molecule has 0 aromatic heterocycles. The van der Waals surface area contributed by atoms with Crippen molar-refractivity contribution in [2.75, 3.05) is 0 Å². The Kier molecular flexibility index (Phi) is 5.60. The van der Waals surface area contributed by atoms with Gasteiger partial charge in [-0.25, -0.2) is 0 Å². The predicted octanol–water partition coefficient (Wildman–Crippen LogP) is 5.52. The predicted molar refractivity (Wildman–Crippen MR) is 107 cm³/mol. The second-order valence-electron chi connectivity index (χ2n) is 7.04. The minimum Gasteiger partial charge on any atom is -0.489 e. The number of carbonyl (C=O) groups excluding carboxylic acids is 1. The first-order valence-corrected chi connectivity index (χ1v) is 9.01. The first-order valence-electron chi connectivity index (χ1n) is 9.01. The Morgan fingerprint density at radius 3 is 1.81 bits per heavy atom. The van der Waals surface area contributed by atoms with Crippen LogP contribution in [0.2, 0.25) is 0 Å². The van der Waals surface area contributed by atoms with Gasteiger partial charge in [0.1, 0.15) is 18.1 Å². The molecule has 3 aromatic carbocycles. The summed E-state index contributed by atoms with van der Waals surface area (Å²) < 4.78 is 11.0. The lowest BCUT2D eigenvalue weighted by atomic mass is 9.78. The zero-order valence-electron chi connectivity index (χ0n) is 15.9. The molecule has 0 aliphatic heterocycles. The lowest BCUT2D eigenvalue weighted by Gasteiger charge is -2.26. The number of rotatable bonds is 6. The number of benzene rings is 3. The Labute approximate surface area is 160 Å². The number of hydrogen-bond donors (Lipinski definition) is 0. The average molecular weight is 360 g/mol. The Morgan fingerprint density at radius 1 is 0.778 bits per heavy atom. The van der Waals surface area contributed by atoms with Gasteiger partial charge >= 0.3 is 5.97 Å². The van der Waals surface area contributed by atoms with E-state index in [1.807, 2.05) is 54.6 Å². The molecule has 27 heavy (non-hydrogen) atoms. The van der Waals surface area contributed by atoms with E-state index in [0.29, 0.717) is 12.4 Å². The van der Waals surface area contributed by atoms with Gasteiger partial charge in [0.15, 0.2) is 0 Å². The fourth-order valence-corrected chi connectivity index (χ4v) is 2.98. The fourth-order valence-electron chi connectivity index (χ4n) is 2.98. The molecule has 138 valence electrons. The van der Waals surface area contributed by atoms with Crippen LogP contribution < -0.4 is 9.47 Å². The first kappa shape index (κ1) is 18.7. The third-order valence-corrected chi connectivity index (χ3v) is 4.66. The molecule has 3 heteroatoms. The maximum Gasteiger partial charge on any atom is 0.308 e. The molecule has 0 radical (unpaired) electrons. The van der Waals surface area contributed by atoms with Crippen LogP contribution in [-0.4, -0.2) is 5.97 Å². The summed E-state index contributed by atoms with van der Waals surface area (Å²) in [4.78, 5) is 11.1. The third kappa shape index (κ3) is 4.76. The lowest BCUT2D eigenvalue weighted by Crippen LogP contribution is -2.18. The maximum absolute atomic E-state index is 11.1. The van der Waals surface area contributed by atoms with Crippen LogP contribution >= 0.6 is 0 Å². The van der Waals surface area contributed by atoms with Crippen LogP contribution in [0.25, 0.3) is 0 Å². The maximum atomic E-state index is 11.1. The third-order valence-electron chi connectivity index (χ3n) is 4.66. The van der Waals surface area contributed by atoms with Crippen LogP contribution in [0.3, 0.4) is 0 Å². The largest absolute Gasteiger partial charge is 0.489 e. The van der Waals surface area contributed by atoms with E-state index in [1.165, 1.54) is 12.5 Å². The molecule has 3 aromatic rings. The van der Waals surface area contributed by atoms with Gasteiger partial charge in [-0.3, -0.25) is 4.79 Å². The Morgan fingerprint density at radius 2 is 1.30 bits per heavy atom. The van der Waals surface area contributed by atoms with Crippen LogP contribution in [0.5, 0.6) is 11.5 Å². The molecule has 0 amide bonds. The number of ether oxygens (including phenoxy) is 2. The van der Waals surface area contributed by atoms with E-state index < -0.39 is 0 Å². The summed E-state index contributed by atoms with van der Waals surface area (Å²) in [5.74, 6) is 1.10. The van der Waals surface area contributed by atoms with Crippen molar-refractivity contribution in [2.24, 2.45) is 0 Å². The molecule has 0 N–H and O–H groups in total. The molecular weight excluding hydrogens is 336 g/mol. The van der Waals surface area contributed by atoms with Gasteiger partial charge in [-0.1, -0.05) is 68.4 Å². The summed E-state index contributed by atoms with van der Waals surface area (Å²) in [7, 11) is 0. The standard InChI is InChI=1S/C24H24O3/c1-18(25)27-23-15-11-21(12-16-23)24(2,3)20-9-13-22(14-10-20)26-17-19-7-5-4-6-8-19/h4-16H,17H2,1-3H3. The molecule has 0 aliphatic rings. The van der Waals surface area contributed by atoms with Crippen LogP contribution in [0.15, 0.2) is 78.9 Å². The van der Waals surface area contributed by atoms with Crippen molar-refractivity contribution in [2.45, 2.75) is 32.8 Å². The molecule has 0 bridgehead atoms. The normalized spacial score (nSPS) is 11.1. The van der Waals surface area contributed by atoms with Gasteiger partial charge in [0.25, 0.3) is 0 Å². The Hall–Kier alpha value is -3.07. The zero-order chi connectivity index (χ0) is 19.3. The highest BCUT2D eigenvalue weighted by atomic mass is 16.5. The van der Waals surface area contributed by atoms with Gasteiger partial charge in [0, 0.05) is 12.3 Å². The van der Waals surface area contributed by atoms with Gasteiger partial charge in [0.2, 0.25) is 0 Å². The molecule has 0 saturated heterocycles. The summed E-state index contributed by atoms with van der Waals surface area (Å²) in [6, 6.07) is 26.0. The van der Waals surface area contributed by atoms with E-state index in [1.54, 1.807) is 0 Å². The second-order valence-corrected chi connectivity index (χ2v) is 7.04. The van der Waals surface area contributed by atoms with E-state index >= 15 is 0 Å². The van der Waals surface area contributed by atoms with Crippen molar-refractivity contribution in [3.05, 3.63) is 95.6 Å². The molecule has 0 atom stereocenters. The van der Waals surface area contributed by atoms with E-state index in [9.17, 15) is 4.79 Å². The molecule has 0 fully saturated rings. The van der Waals surface area contributed by atoms with Crippen LogP contribution in [0, 0.1) is 0 Å². The van der Waals surface area contributed by atoms with Crippen molar-refractivity contribution in [1.82, 2.24) is 0 Å². The van der Waals surface area contributed by atoms with Crippen molar-refractivity contribution < 1.29 is 14.3 Å². The highest BCUT2D eigenvalue weighted by Crippen LogP contribution is 2.33. The van der Waals surface area contributed by atoms with Crippen molar-refractivity contribution >= 4 is 5.97 Å². The van der Waals surface area contributed by atoms with E-state index in [0.717, 1.165) is 16.9 Å². The van der Waals surface area contributed by atoms with Gasteiger partial charge in [-0.2, -0.15) is 0 Å². The van der Waals surface area contributed by atoms with Gasteiger partial charge in [-0.15, -0.1) is 0 Å². The van der Waals surface area contributed by atoms with E-state index in [2.05, 4.69) is 38.1 Å². The van der Waals surface area contributed by atoms with Crippen LogP contribution in [0.4, 0.5) is 0 Å². The van der Waals surface area contributed by atoms with Crippen LogP contribution in [-0.2, 0) is 16.8 Å². The lowest BCUT2D eigenvalue weighted by molar-refractivity contribution is -0.131. The molecule has 0 heterocycles. The molecule has 3 rings (SSSR count). The zero-order valence-corrected chi connectivity index (χ0v) is 15.9. The number of carbonyl (C=O) groups is 1. The van der Waals surface area contributed by atoms with E-state index in [-0.39, 0.29) is 11.4 Å². The highest BCUT2D eigenvalue weighted by molar-refractivity contribution is 5.69. The van der Waals surface area contributed by atoms with Crippen molar-refractivity contribution in [1.29, 1.82) is 0 Å². The summed E-state index contributed by atoms with van der Waals surface area (Å²) in [6.07, 6.45) is 0. The summed E-state index contributed by atoms with van der Waals surface area (Å²) in [5, 5.41) is 0. The molecule has 0 saturated carbocycles. The molecule has 3 nitrogen and oxygen atoms in total. The van der Waals surface area contributed by atoms with Gasteiger partial charge in [0.05, 0.1) is 0 Å². The summed E-state index contributed by atoms with van der Waals surface area (Å²) >= 11 is 0. The van der Waals surface area contributed by atoms with Gasteiger partial charge < -0.3 is 9.47 Å². The summed E-state index contributed by atoms with van der Waals surface area (Å²) in [6.45, 7) is 6.31. The van der Waals surface area contributed by atoms with Crippen LogP contribution in [0.1, 0.15) is 37.5 Å². The van der Waals surface area contributed by atoms with Gasteiger partial charge in [-0.05, 0) is 41.0 Å². The molecule has 0 spiro atoms. The number of hydrogen-bond acceptors (Lipinski definition) is 3. The van der Waals surface area contributed by atoms with Crippen molar-refractivity contribution in [3.63, 3.8) is 0 Å². The quantitative estimate of drug-likeness (QED) is 0.429. The molecule has 0 unspecified atom stereocenters. The first-order chi connectivity index (χ1) is 12.9. The average Bonchev–Trinajstić information content (AvgIpc) is 2.67. The minimum atomic E-state index is -0.312. The highest BCUT2D eigenvalue weighted by Gasteiger charge is 2.23. The SMILES string of the molecule is CC(=O)Oc1ccc(C(C)(C)c2ccc(OCc3ccccc3)cc2)cc1. The molecule has 0 aliphatic carbocycles. The minimum absolute atomic E-state index is 0.174. The second kappa shape index (κ2) is 8.09. The Balaban J connectivity index is 1.70. The fraction of sp³-hybridized carbons (Fsp3) is 0.208. The van der Waals surface area contributed by atoms with Crippen molar-refractivity contribution in [3.8, 4) is 11.5 Å². The topological polar surface area (TPSA) is 35.5 Å². The number of esters is 1. The molecular formula is C24H24O3. The summed E-state index contributed by atoms with van der Waals surface area (Å²) in [5.41, 5.74) is 3.31. The Bertz CT molecular complexity index is 879. The smallest absolute Gasteiger partial charge is 0.308 e. The van der Waals surface area contributed by atoms with E-state index in [4.69, 9.17) is 9.47 Å².